The predicted molar refractivity (Wildman–Crippen MR) is 104 cm³/mol. The second kappa shape index (κ2) is 7.56. The largest absolute Gasteiger partial charge is 0.454 e. The molecule has 144 valence electrons. The third-order valence-corrected chi connectivity index (χ3v) is 5.08. The lowest BCUT2D eigenvalue weighted by Crippen LogP contribution is -2.28. The van der Waals surface area contributed by atoms with E-state index in [1.165, 1.54) is 18.2 Å². The van der Waals surface area contributed by atoms with Crippen molar-refractivity contribution in [3.63, 3.8) is 0 Å². The minimum absolute atomic E-state index is 0.107. The van der Waals surface area contributed by atoms with E-state index in [0.717, 1.165) is 11.1 Å². The number of hydrogen-bond acceptors (Lipinski definition) is 1. The quantitative estimate of drug-likeness (QED) is 0.450. The molecule has 0 saturated carbocycles. The van der Waals surface area contributed by atoms with Gasteiger partial charge in [-0.25, -0.2) is 0 Å². The van der Waals surface area contributed by atoms with Crippen LogP contribution in [0, 0.1) is 13.8 Å². The zero-order valence-electron chi connectivity index (χ0n) is 14.7. The normalized spacial score (nSPS) is 13.0. The van der Waals surface area contributed by atoms with Crippen molar-refractivity contribution >= 4 is 28.9 Å². The summed E-state index contributed by atoms with van der Waals surface area (Å²) in [7, 11) is 0. The van der Waals surface area contributed by atoms with E-state index in [-0.39, 0.29) is 5.56 Å². The number of alkyl halides is 3. The van der Waals surface area contributed by atoms with Crippen LogP contribution in [-0.4, -0.2) is 10.7 Å². The van der Waals surface area contributed by atoms with Gasteiger partial charge in [0.25, 0.3) is 0 Å². The van der Waals surface area contributed by atoms with Crippen LogP contribution in [0.15, 0.2) is 48.8 Å². The third kappa shape index (κ3) is 4.66. The van der Waals surface area contributed by atoms with E-state index < -0.39 is 12.2 Å². The maximum absolute atomic E-state index is 13.7. The Morgan fingerprint density at radius 2 is 1.74 bits per heavy atom. The Kier molecular flexibility index (Phi) is 5.54. The Hall–Kier alpha value is -1.98. The Morgan fingerprint density at radius 3 is 2.33 bits per heavy atom. The summed E-state index contributed by atoms with van der Waals surface area (Å²) in [4.78, 5) is 0. The molecule has 1 atom stereocenters. The molecule has 2 aromatic carbocycles. The van der Waals surface area contributed by atoms with Gasteiger partial charge in [0.1, 0.15) is 6.04 Å². The van der Waals surface area contributed by atoms with Crippen LogP contribution < -0.4 is 5.32 Å². The summed E-state index contributed by atoms with van der Waals surface area (Å²) in [6.45, 7) is 4.15. The molecule has 3 rings (SSSR count). The van der Waals surface area contributed by atoms with Crippen molar-refractivity contribution in [2.75, 3.05) is 5.32 Å². The molecule has 1 heterocycles. The molecule has 0 saturated heterocycles. The Labute approximate surface area is 165 Å². The molecule has 7 heteroatoms. The fourth-order valence-corrected chi connectivity index (χ4v) is 3.25. The van der Waals surface area contributed by atoms with Gasteiger partial charge in [0.15, 0.2) is 0 Å². The Bertz CT molecular complexity index is 929. The highest BCUT2D eigenvalue weighted by Crippen LogP contribution is 2.37. The fraction of sp³-hybridized carbons (Fsp3) is 0.250. The molecule has 0 spiro atoms. The van der Waals surface area contributed by atoms with E-state index in [1.54, 1.807) is 25.1 Å². The Balaban J connectivity index is 1.89. The first-order chi connectivity index (χ1) is 12.6. The lowest BCUT2D eigenvalue weighted by molar-refractivity contribution is -0.144. The first kappa shape index (κ1) is 19.8. The fourth-order valence-electron chi connectivity index (χ4n) is 2.95. The van der Waals surface area contributed by atoms with Crippen molar-refractivity contribution in [1.29, 1.82) is 0 Å². The highest BCUT2D eigenvalue weighted by molar-refractivity contribution is 6.31. The zero-order chi connectivity index (χ0) is 19.8. The Morgan fingerprint density at radius 1 is 1.07 bits per heavy atom. The van der Waals surface area contributed by atoms with Crippen LogP contribution >= 0.6 is 23.2 Å². The zero-order valence-corrected chi connectivity index (χ0v) is 16.3. The summed E-state index contributed by atoms with van der Waals surface area (Å²) in [5, 5.41) is 3.54. The maximum Gasteiger partial charge on any atom is 0.412 e. The van der Waals surface area contributed by atoms with Crippen LogP contribution in [0.1, 0.15) is 28.3 Å². The van der Waals surface area contributed by atoms with Crippen molar-refractivity contribution in [2.45, 2.75) is 32.6 Å². The molecule has 0 fully saturated rings. The second-order valence-corrected chi connectivity index (χ2v) is 7.42. The van der Waals surface area contributed by atoms with Crippen molar-refractivity contribution in [2.24, 2.45) is 0 Å². The van der Waals surface area contributed by atoms with Crippen LogP contribution in [0.2, 0.25) is 10.0 Å². The van der Waals surface area contributed by atoms with Gasteiger partial charge in [-0.1, -0.05) is 42.3 Å². The second-order valence-electron chi connectivity index (χ2n) is 6.61. The van der Waals surface area contributed by atoms with Gasteiger partial charge in [-0.15, -0.1) is 18.0 Å². The van der Waals surface area contributed by atoms with E-state index >= 15 is 0 Å². The minimum Gasteiger partial charge on any atom is -0.454 e. The number of halogens is 5. The molecular weight excluding hydrogens is 396 g/mol. The van der Waals surface area contributed by atoms with Gasteiger partial charge in [0.2, 0.25) is 0 Å². The highest BCUT2D eigenvalue weighted by atomic mass is 35.5. The van der Waals surface area contributed by atoms with Gasteiger partial charge in [0.05, 0.1) is 0 Å². The molecule has 2 nitrogen and oxygen atoms in total. The molecule has 0 radical (unpaired) electrons. The number of hydrogen-bond donors (Lipinski definition) is 1. The van der Waals surface area contributed by atoms with E-state index in [4.69, 9.17) is 23.2 Å². The molecule has 0 aliphatic rings. The average Bonchev–Trinajstić information content (AvgIpc) is 2.55. The number of aryl methyl sites for hydroxylation is 2. The molecule has 3 aromatic rings. The van der Waals surface area contributed by atoms with E-state index in [0.29, 0.717) is 27.8 Å². The van der Waals surface area contributed by atoms with Crippen molar-refractivity contribution in [1.82, 2.24) is 4.57 Å². The van der Waals surface area contributed by atoms with Crippen molar-refractivity contribution in [3.8, 4) is 0 Å². The van der Waals surface area contributed by atoms with Gasteiger partial charge in [-0.2, -0.15) is 13.2 Å². The maximum atomic E-state index is 13.7. The first-order valence-corrected chi connectivity index (χ1v) is 9.06. The summed E-state index contributed by atoms with van der Waals surface area (Å²) >= 11 is 12.2. The van der Waals surface area contributed by atoms with Gasteiger partial charge in [-0.3, -0.25) is 0 Å². The minimum atomic E-state index is -4.47. The molecular formula is C20H18Cl2F3N2-. The standard InChI is InChI=1S/C20H18Cl2F3N2/c1-12-9-27(10-12)11-15-8-16(4-6-18(15)22)26-19(20(23,24)25)14-3-5-17(21)13(2)7-14/h3-10,19,26H,11H2,1-2H3/q-1/t19-/m0/s1. The first-order valence-electron chi connectivity index (χ1n) is 8.30. The monoisotopic (exact) mass is 413 g/mol. The highest BCUT2D eigenvalue weighted by Gasteiger charge is 2.41. The molecule has 0 unspecified atom stereocenters. The molecule has 0 amide bonds. The van der Waals surface area contributed by atoms with Gasteiger partial charge in [0, 0.05) is 22.3 Å². The van der Waals surface area contributed by atoms with E-state index in [9.17, 15) is 13.2 Å². The van der Waals surface area contributed by atoms with Gasteiger partial charge < -0.3 is 9.88 Å². The van der Waals surface area contributed by atoms with Crippen LogP contribution in [-0.2, 0) is 6.54 Å². The van der Waals surface area contributed by atoms with Crippen LogP contribution in [0.4, 0.5) is 18.9 Å². The molecule has 1 aromatic heterocycles. The van der Waals surface area contributed by atoms with Crippen LogP contribution in [0.25, 0.3) is 0 Å². The number of nitrogens with zero attached hydrogens (tertiary/aromatic N) is 1. The van der Waals surface area contributed by atoms with Crippen molar-refractivity contribution in [3.05, 3.63) is 81.1 Å². The molecule has 27 heavy (non-hydrogen) atoms. The number of rotatable bonds is 5. The smallest absolute Gasteiger partial charge is 0.412 e. The van der Waals surface area contributed by atoms with Gasteiger partial charge in [-0.05, 0) is 47.9 Å². The summed E-state index contributed by atoms with van der Waals surface area (Å²) < 4.78 is 43.0. The third-order valence-electron chi connectivity index (χ3n) is 4.29. The SMILES string of the molecule is Cc1cn(Cc2cc(N[C@@H](c3ccc(Cl)c(C)c3)C(F)(F)F)ccc2Cl)[cH-]1. The molecule has 0 bridgehead atoms. The number of anilines is 1. The lowest BCUT2D eigenvalue weighted by Gasteiger charge is -2.25. The lowest BCUT2D eigenvalue weighted by atomic mass is 10.0. The topological polar surface area (TPSA) is 17.0 Å². The van der Waals surface area contributed by atoms with Crippen LogP contribution in [0.3, 0.4) is 0 Å². The summed E-state index contributed by atoms with van der Waals surface area (Å²) in [5.74, 6) is 0. The van der Waals surface area contributed by atoms with Gasteiger partial charge >= 0.3 is 6.18 Å². The predicted octanol–water partition coefficient (Wildman–Crippen LogP) is 6.89. The summed E-state index contributed by atoms with van der Waals surface area (Å²) in [6, 6.07) is 7.28. The molecule has 0 aliphatic carbocycles. The number of aromatic nitrogens is 1. The van der Waals surface area contributed by atoms with Crippen LogP contribution in [0.5, 0.6) is 0 Å². The van der Waals surface area contributed by atoms with E-state index in [2.05, 4.69) is 5.32 Å². The summed E-state index contributed by atoms with van der Waals surface area (Å²) in [6.07, 6.45) is -0.567. The summed E-state index contributed by atoms with van der Waals surface area (Å²) in [5.41, 5.74) is 2.93. The van der Waals surface area contributed by atoms with E-state index in [1.807, 2.05) is 23.9 Å². The molecule has 1 N–H and O–H groups in total. The molecule has 0 aliphatic heterocycles. The van der Waals surface area contributed by atoms with Crippen molar-refractivity contribution < 1.29 is 13.2 Å². The number of nitrogens with one attached hydrogen (secondary N) is 1. The number of benzene rings is 2. The average molecular weight is 414 g/mol.